The molecule has 0 bridgehead atoms. The Labute approximate surface area is 127 Å². The molecule has 2 aromatic carbocycles. The van der Waals surface area contributed by atoms with Gasteiger partial charge in [-0.05, 0) is 30.3 Å². The standard InChI is InChI=1S/C15H14ClFN2O2/c1-19(12-5-3-2-4-6-12)18-15(20)10-21-14-8-7-11(17)9-13(14)16/h2-9H,10H2,1H3,(H,18,20). The summed E-state index contributed by atoms with van der Waals surface area (Å²) in [4.78, 5) is 11.8. The van der Waals surface area contributed by atoms with Crippen LogP contribution in [-0.2, 0) is 4.79 Å². The zero-order valence-corrected chi connectivity index (χ0v) is 12.1. The second-order valence-electron chi connectivity index (χ2n) is 4.29. The molecule has 0 aliphatic rings. The molecule has 0 aliphatic heterocycles. The number of para-hydroxylation sites is 1. The number of amides is 1. The molecule has 2 aromatic rings. The molecule has 0 unspecified atom stereocenters. The van der Waals surface area contributed by atoms with Crippen molar-refractivity contribution in [3.8, 4) is 5.75 Å². The van der Waals surface area contributed by atoms with Gasteiger partial charge in [-0.15, -0.1) is 0 Å². The Hall–Kier alpha value is -2.27. The first-order valence-corrected chi connectivity index (χ1v) is 6.60. The summed E-state index contributed by atoms with van der Waals surface area (Å²) in [6.45, 7) is -0.220. The van der Waals surface area contributed by atoms with Gasteiger partial charge in [-0.2, -0.15) is 0 Å². The van der Waals surface area contributed by atoms with Crippen molar-refractivity contribution in [2.75, 3.05) is 18.7 Å². The number of hydrogen-bond acceptors (Lipinski definition) is 3. The van der Waals surface area contributed by atoms with Gasteiger partial charge in [0.05, 0.1) is 10.7 Å². The Morgan fingerprint density at radius 3 is 2.67 bits per heavy atom. The highest BCUT2D eigenvalue weighted by atomic mass is 35.5. The lowest BCUT2D eigenvalue weighted by Gasteiger charge is -2.20. The molecule has 2 rings (SSSR count). The number of benzene rings is 2. The molecule has 6 heteroatoms. The van der Waals surface area contributed by atoms with Crippen LogP contribution in [0, 0.1) is 5.82 Å². The van der Waals surface area contributed by atoms with E-state index in [4.69, 9.17) is 16.3 Å². The van der Waals surface area contributed by atoms with Crippen molar-refractivity contribution in [1.29, 1.82) is 0 Å². The summed E-state index contributed by atoms with van der Waals surface area (Å²) < 4.78 is 18.1. The minimum Gasteiger partial charge on any atom is -0.482 e. The molecule has 0 atom stereocenters. The number of nitrogens with one attached hydrogen (secondary N) is 1. The number of hydrogen-bond donors (Lipinski definition) is 1. The molecule has 0 spiro atoms. The van der Waals surface area contributed by atoms with Crippen molar-refractivity contribution in [3.05, 3.63) is 59.4 Å². The highest BCUT2D eigenvalue weighted by molar-refractivity contribution is 6.32. The molecule has 1 amide bonds. The Bertz CT molecular complexity index is 622. The predicted molar refractivity (Wildman–Crippen MR) is 79.9 cm³/mol. The average Bonchev–Trinajstić information content (AvgIpc) is 2.47. The fourth-order valence-corrected chi connectivity index (χ4v) is 1.89. The van der Waals surface area contributed by atoms with Crippen molar-refractivity contribution < 1.29 is 13.9 Å². The Morgan fingerprint density at radius 2 is 2.00 bits per heavy atom. The largest absolute Gasteiger partial charge is 0.482 e. The minimum absolute atomic E-state index is 0.124. The smallest absolute Gasteiger partial charge is 0.276 e. The van der Waals surface area contributed by atoms with Gasteiger partial charge in [0.15, 0.2) is 6.61 Å². The average molecular weight is 309 g/mol. The molecular weight excluding hydrogens is 295 g/mol. The van der Waals surface area contributed by atoms with Gasteiger partial charge in [-0.3, -0.25) is 15.2 Å². The van der Waals surface area contributed by atoms with E-state index in [0.29, 0.717) is 0 Å². The molecule has 0 saturated carbocycles. The van der Waals surface area contributed by atoms with Gasteiger partial charge in [-0.25, -0.2) is 4.39 Å². The number of halogens is 2. The van der Waals surface area contributed by atoms with Crippen molar-refractivity contribution in [2.24, 2.45) is 0 Å². The third-order valence-corrected chi connectivity index (χ3v) is 2.98. The van der Waals surface area contributed by atoms with E-state index in [2.05, 4.69) is 5.43 Å². The van der Waals surface area contributed by atoms with Crippen LogP contribution in [0.3, 0.4) is 0 Å². The van der Waals surface area contributed by atoms with Crippen LogP contribution < -0.4 is 15.2 Å². The lowest BCUT2D eigenvalue weighted by atomic mass is 10.3. The van der Waals surface area contributed by atoms with Gasteiger partial charge in [0, 0.05) is 7.05 Å². The fourth-order valence-electron chi connectivity index (χ4n) is 1.67. The van der Waals surface area contributed by atoms with Gasteiger partial charge in [0.2, 0.25) is 0 Å². The lowest BCUT2D eigenvalue weighted by molar-refractivity contribution is -0.123. The first kappa shape index (κ1) is 15.1. The molecule has 0 heterocycles. The van der Waals surface area contributed by atoms with E-state index in [-0.39, 0.29) is 23.3 Å². The third kappa shape index (κ3) is 4.36. The highest BCUT2D eigenvalue weighted by Gasteiger charge is 2.09. The maximum atomic E-state index is 12.9. The Morgan fingerprint density at radius 1 is 1.29 bits per heavy atom. The molecule has 0 aromatic heterocycles. The van der Waals surface area contributed by atoms with E-state index in [1.165, 1.54) is 12.1 Å². The Balaban J connectivity index is 1.87. The van der Waals surface area contributed by atoms with Crippen LogP contribution in [0.4, 0.5) is 10.1 Å². The summed E-state index contributed by atoms with van der Waals surface area (Å²) in [5.74, 6) is -0.544. The normalized spacial score (nSPS) is 10.0. The number of ether oxygens (including phenoxy) is 1. The number of rotatable bonds is 5. The monoisotopic (exact) mass is 308 g/mol. The molecule has 21 heavy (non-hydrogen) atoms. The molecule has 0 aliphatic carbocycles. The van der Waals surface area contributed by atoms with Crippen molar-refractivity contribution in [3.63, 3.8) is 0 Å². The predicted octanol–water partition coefficient (Wildman–Crippen LogP) is 3.03. The molecule has 0 saturated heterocycles. The summed E-state index contributed by atoms with van der Waals surface area (Å²) in [6, 6.07) is 13.1. The van der Waals surface area contributed by atoms with E-state index in [1.807, 2.05) is 30.3 Å². The van der Waals surface area contributed by atoms with Crippen LogP contribution in [-0.4, -0.2) is 19.6 Å². The second kappa shape index (κ2) is 6.95. The highest BCUT2D eigenvalue weighted by Crippen LogP contribution is 2.24. The minimum atomic E-state index is -0.458. The molecule has 4 nitrogen and oxygen atoms in total. The third-order valence-electron chi connectivity index (χ3n) is 2.69. The zero-order chi connectivity index (χ0) is 15.2. The maximum absolute atomic E-state index is 12.9. The maximum Gasteiger partial charge on any atom is 0.276 e. The lowest BCUT2D eigenvalue weighted by Crippen LogP contribution is -2.41. The molecule has 0 radical (unpaired) electrons. The summed E-state index contributed by atoms with van der Waals surface area (Å²) >= 11 is 5.81. The number of carbonyl (C=O) groups excluding carboxylic acids is 1. The number of carbonyl (C=O) groups is 1. The SMILES string of the molecule is CN(NC(=O)COc1ccc(F)cc1Cl)c1ccccc1. The van der Waals surface area contributed by atoms with E-state index in [1.54, 1.807) is 12.1 Å². The van der Waals surface area contributed by atoms with Gasteiger partial charge in [0.25, 0.3) is 5.91 Å². The van der Waals surface area contributed by atoms with Crippen molar-refractivity contribution in [1.82, 2.24) is 5.43 Å². The molecular formula is C15H14ClFN2O2. The number of nitrogens with zero attached hydrogens (tertiary/aromatic N) is 1. The van der Waals surface area contributed by atoms with Crippen LogP contribution >= 0.6 is 11.6 Å². The zero-order valence-electron chi connectivity index (χ0n) is 11.3. The van der Waals surface area contributed by atoms with Gasteiger partial charge >= 0.3 is 0 Å². The first-order chi connectivity index (χ1) is 10.1. The summed E-state index contributed by atoms with van der Waals surface area (Å²) in [7, 11) is 1.72. The van der Waals surface area contributed by atoms with E-state index < -0.39 is 5.82 Å². The first-order valence-electron chi connectivity index (χ1n) is 6.22. The number of hydrazine groups is 1. The van der Waals surface area contributed by atoms with Gasteiger partial charge in [0.1, 0.15) is 11.6 Å². The van der Waals surface area contributed by atoms with Crippen LogP contribution in [0.25, 0.3) is 0 Å². The quantitative estimate of drug-likeness (QED) is 0.863. The van der Waals surface area contributed by atoms with Crippen LogP contribution in [0.1, 0.15) is 0 Å². The molecule has 1 N–H and O–H groups in total. The second-order valence-corrected chi connectivity index (χ2v) is 4.70. The summed E-state index contributed by atoms with van der Waals surface area (Å²) in [5.41, 5.74) is 3.49. The topological polar surface area (TPSA) is 41.6 Å². The van der Waals surface area contributed by atoms with E-state index in [9.17, 15) is 9.18 Å². The van der Waals surface area contributed by atoms with Crippen LogP contribution in [0.5, 0.6) is 5.75 Å². The van der Waals surface area contributed by atoms with Gasteiger partial charge in [-0.1, -0.05) is 29.8 Å². The van der Waals surface area contributed by atoms with Crippen LogP contribution in [0.2, 0.25) is 5.02 Å². The molecule has 110 valence electrons. The molecule has 0 fully saturated rings. The summed E-state index contributed by atoms with van der Waals surface area (Å²) in [6.07, 6.45) is 0. The van der Waals surface area contributed by atoms with Crippen LogP contribution in [0.15, 0.2) is 48.5 Å². The van der Waals surface area contributed by atoms with Crippen molar-refractivity contribution in [2.45, 2.75) is 0 Å². The summed E-state index contributed by atoms with van der Waals surface area (Å²) in [5, 5.41) is 1.71. The van der Waals surface area contributed by atoms with Gasteiger partial charge < -0.3 is 4.74 Å². The van der Waals surface area contributed by atoms with E-state index >= 15 is 0 Å². The Kier molecular flexibility index (Phi) is 5.00. The van der Waals surface area contributed by atoms with Crippen molar-refractivity contribution >= 4 is 23.2 Å². The fraction of sp³-hybridized carbons (Fsp3) is 0.133. The van der Waals surface area contributed by atoms with E-state index in [0.717, 1.165) is 11.8 Å². The number of anilines is 1.